The van der Waals surface area contributed by atoms with Crippen molar-refractivity contribution >= 4 is 13.5 Å². The summed E-state index contributed by atoms with van der Waals surface area (Å²) < 4.78 is 0. The van der Waals surface area contributed by atoms with E-state index in [2.05, 4.69) is 0 Å². The van der Waals surface area contributed by atoms with E-state index >= 15 is 0 Å². The van der Waals surface area contributed by atoms with Crippen LogP contribution in [0.2, 0.25) is 0 Å². The average molecular weight is 123 g/mol. The van der Waals surface area contributed by atoms with Crippen molar-refractivity contribution in [2.24, 2.45) is 0 Å². The fourth-order valence-electron chi connectivity index (χ4n) is 0. The molecule has 3 heteroatoms. The van der Waals surface area contributed by atoms with Gasteiger partial charge in [0, 0.05) is 17.1 Å². The van der Waals surface area contributed by atoms with Gasteiger partial charge in [-0.2, -0.15) is 13.5 Å². The summed E-state index contributed by atoms with van der Waals surface area (Å²) in [7, 11) is 0. The van der Waals surface area contributed by atoms with E-state index in [1.165, 1.54) is 0 Å². The van der Waals surface area contributed by atoms with Crippen LogP contribution in [0.4, 0.5) is 0 Å². The minimum absolute atomic E-state index is 0. The van der Waals surface area contributed by atoms with Gasteiger partial charge in [0.05, 0.1) is 0 Å². The molecule has 0 aliphatic carbocycles. The van der Waals surface area contributed by atoms with Crippen molar-refractivity contribution in [1.82, 2.24) is 6.15 Å². The summed E-state index contributed by atoms with van der Waals surface area (Å²) in [6.45, 7) is 0. The molecule has 0 rings (SSSR count). The summed E-state index contributed by atoms with van der Waals surface area (Å²) in [5.74, 6) is 0. The van der Waals surface area contributed by atoms with Gasteiger partial charge >= 0.3 is 0 Å². The zero-order valence-corrected chi connectivity index (χ0v) is 3.66. The minimum Gasteiger partial charge on any atom is -0.344 e. The van der Waals surface area contributed by atoms with Gasteiger partial charge in [-0.1, -0.05) is 7.43 Å². The van der Waals surface area contributed by atoms with Gasteiger partial charge in [0.25, 0.3) is 0 Å². The topological polar surface area (TPSA) is 35.0 Å². The Morgan fingerprint density at radius 2 is 1.00 bits per heavy atom. The van der Waals surface area contributed by atoms with Gasteiger partial charge in [-0.15, -0.1) is 0 Å². The molecule has 0 spiro atoms. The first-order chi connectivity index (χ1) is 0. The van der Waals surface area contributed by atoms with E-state index in [1.807, 2.05) is 0 Å². The zero-order valence-electron chi connectivity index (χ0n) is 1.56. The van der Waals surface area contributed by atoms with Gasteiger partial charge in [0.1, 0.15) is 0 Å². The Morgan fingerprint density at radius 1 is 1.00 bits per heavy atom. The number of hydrogen-bond acceptors (Lipinski definition) is 1. The molecule has 3 N–H and O–H groups in total. The van der Waals surface area contributed by atoms with Gasteiger partial charge in [-0.05, 0) is 0 Å². The fourth-order valence-corrected chi connectivity index (χ4v) is 0. The first kappa shape index (κ1) is 103. The monoisotopic (exact) mass is 123 g/mol. The average Bonchev–Trinajstić information content (AvgIpc) is 0. The quantitative estimate of drug-likeness (QED) is 0.477. The molecule has 0 heterocycles. The maximum atomic E-state index is 0. The van der Waals surface area contributed by atoms with E-state index < -0.39 is 0 Å². The van der Waals surface area contributed by atoms with Crippen LogP contribution >= 0.6 is 13.5 Å². The number of hydrogen-bond donors (Lipinski definition) is 1. The Labute approximate surface area is 44.7 Å². The van der Waals surface area contributed by atoms with Crippen LogP contribution in [-0.2, 0) is 17.1 Å². The zero-order chi connectivity index (χ0) is 0. The van der Waals surface area contributed by atoms with Crippen LogP contribution in [0, 0.1) is 0 Å². The van der Waals surface area contributed by atoms with Crippen molar-refractivity contribution in [2.45, 2.75) is 7.43 Å². The van der Waals surface area contributed by atoms with Crippen molar-refractivity contribution in [2.75, 3.05) is 0 Å². The molecule has 0 aromatic rings. The van der Waals surface area contributed by atoms with Gasteiger partial charge in [-0.25, -0.2) is 0 Å². The summed E-state index contributed by atoms with van der Waals surface area (Å²) in [5.41, 5.74) is 0. The Balaban J connectivity index is 0. The van der Waals surface area contributed by atoms with Crippen LogP contribution in [0.25, 0.3) is 0 Å². The summed E-state index contributed by atoms with van der Waals surface area (Å²) >= 11 is 0. The maximum absolute atomic E-state index is 0. The van der Waals surface area contributed by atoms with Crippen molar-refractivity contribution in [1.29, 1.82) is 0 Å². The Morgan fingerprint density at radius 3 is 1.00 bits per heavy atom. The molecular formula is CH9FeNS. The van der Waals surface area contributed by atoms with E-state index in [-0.39, 0.29) is 44.1 Å². The van der Waals surface area contributed by atoms with Crippen LogP contribution in [0.15, 0.2) is 0 Å². The maximum Gasteiger partial charge on any atom is 0 e. The van der Waals surface area contributed by atoms with Crippen molar-refractivity contribution in [3.05, 3.63) is 0 Å². The molecule has 0 fully saturated rings. The summed E-state index contributed by atoms with van der Waals surface area (Å²) in [6, 6.07) is 0. The Kier molecular flexibility index (Phi) is 1150. The summed E-state index contributed by atoms with van der Waals surface area (Å²) in [6.07, 6.45) is 0. The van der Waals surface area contributed by atoms with Crippen molar-refractivity contribution < 1.29 is 17.1 Å². The summed E-state index contributed by atoms with van der Waals surface area (Å²) in [4.78, 5) is 0. The van der Waals surface area contributed by atoms with Crippen molar-refractivity contribution in [3.8, 4) is 0 Å². The van der Waals surface area contributed by atoms with Gasteiger partial charge in [0.2, 0.25) is 0 Å². The second kappa shape index (κ2) is 44.6. The molecule has 0 atom stereocenters. The second-order valence-electron chi connectivity index (χ2n) is 0. The molecule has 0 unspecified atom stereocenters. The van der Waals surface area contributed by atoms with Gasteiger partial charge in [-0.3, -0.25) is 0 Å². The Hall–Kier alpha value is 0.829. The SMILES string of the molecule is C.N.S.[Fe]. The smallest absolute Gasteiger partial charge is 0 e. The molecule has 0 bridgehead atoms. The Bertz CT molecular complexity index is 8.00. The van der Waals surface area contributed by atoms with Gasteiger partial charge < -0.3 is 6.15 Å². The van der Waals surface area contributed by atoms with Crippen molar-refractivity contribution in [3.63, 3.8) is 0 Å². The van der Waals surface area contributed by atoms with E-state index in [4.69, 9.17) is 0 Å². The molecule has 0 aromatic carbocycles. The largest absolute Gasteiger partial charge is 0.344 e. The number of rotatable bonds is 0. The van der Waals surface area contributed by atoms with E-state index in [9.17, 15) is 0 Å². The molecule has 0 amide bonds. The molecule has 1 nitrogen and oxygen atoms in total. The molecule has 4 heavy (non-hydrogen) atoms. The van der Waals surface area contributed by atoms with Crippen LogP contribution in [0.5, 0.6) is 0 Å². The third-order valence-electron chi connectivity index (χ3n) is 0. The van der Waals surface area contributed by atoms with Crippen LogP contribution in [0.1, 0.15) is 7.43 Å². The molecule has 0 aliphatic heterocycles. The van der Waals surface area contributed by atoms with E-state index in [1.54, 1.807) is 0 Å². The van der Waals surface area contributed by atoms with E-state index in [0.29, 0.717) is 0 Å². The normalized spacial score (nSPS) is 0. The standard InChI is InChI=1S/CH4.Fe.H3N.H2S/h1H4;;1H3;1H2. The third-order valence-corrected chi connectivity index (χ3v) is 0. The van der Waals surface area contributed by atoms with Crippen LogP contribution < -0.4 is 6.15 Å². The molecule has 32 valence electrons. The predicted molar refractivity (Wildman–Crippen MR) is 22.1 cm³/mol. The minimum atomic E-state index is 0. The molecule has 0 saturated heterocycles. The van der Waals surface area contributed by atoms with Crippen LogP contribution in [0.3, 0.4) is 0 Å². The fraction of sp³-hybridized carbons (Fsp3) is 1.00. The first-order valence-corrected chi connectivity index (χ1v) is 0. The molecule has 0 aromatic heterocycles. The third kappa shape index (κ3) is 13.8. The second-order valence-corrected chi connectivity index (χ2v) is 0. The van der Waals surface area contributed by atoms with E-state index in [0.717, 1.165) is 0 Å². The first-order valence-electron chi connectivity index (χ1n) is 0. The molecule has 0 radical (unpaired) electrons. The van der Waals surface area contributed by atoms with Crippen LogP contribution in [-0.4, -0.2) is 0 Å². The van der Waals surface area contributed by atoms with Gasteiger partial charge in [0.15, 0.2) is 0 Å². The predicted octanol–water partition coefficient (Wildman–Crippen LogP) is 0.908. The molecular weight excluding hydrogens is 114 g/mol. The summed E-state index contributed by atoms with van der Waals surface area (Å²) in [5, 5.41) is 0. The molecule has 0 aliphatic rings. The molecule has 0 saturated carbocycles.